The Hall–Kier alpha value is -2.64. The van der Waals surface area contributed by atoms with Crippen molar-refractivity contribution in [1.29, 1.82) is 5.26 Å². The third-order valence-corrected chi connectivity index (χ3v) is 7.03. The van der Waals surface area contributed by atoms with Gasteiger partial charge < -0.3 is 4.42 Å². The summed E-state index contributed by atoms with van der Waals surface area (Å²) in [4.78, 5) is 25.4. The molecular formula is C18H20N4O5S. The summed E-state index contributed by atoms with van der Waals surface area (Å²) >= 11 is 0. The highest BCUT2D eigenvalue weighted by atomic mass is 32.2. The van der Waals surface area contributed by atoms with Crippen molar-refractivity contribution in [3.63, 3.8) is 0 Å². The Morgan fingerprint density at radius 1 is 1.21 bits per heavy atom. The average Bonchev–Trinajstić information content (AvgIpc) is 3.13. The number of hydrogen-bond acceptors (Lipinski definition) is 6. The molecule has 1 aliphatic heterocycles. The fourth-order valence-corrected chi connectivity index (χ4v) is 5.04. The van der Waals surface area contributed by atoms with E-state index in [1.807, 2.05) is 6.07 Å². The first-order chi connectivity index (χ1) is 13.3. The second-order valence-electron chi connectivity index (χ2n) is 7.18. The highest BCUT2D eigenvalue weighted by Crippen LogP contribution is 2.34. The van der Waals surface area contributed by atoms with Crippen LogP contribution in [0.2, 0.25) is 0 Å². The van der Waals surface area contributed by atoms with Gasteiger partial charge in [-0.15, -0.1) is 0 Å². The summed E-state index contributed by atoms with van der Waals surface area (Å²) in [6, 6.07) is 4.66. The van der Waals surface area contributed by atoms with Crippen LogP contribution in [-0.4, -0.2) is 34.9 Å². The predicted molar refractivity (Wildman–Crippen MR) is 98.5 cm³/mol. The highest BCUT2D eigenvalue weighted by molar-refractivity contribution is 7.89. The molecule has 0 aromatic carbocycles. The minimum absolute atomic E-state index is 0.00541. The van der Waals surface area contributed by atoms with Gasteiger partial charge >= 0.3 is 5.69 Å². The molecule has 2 aromatic heterocycles. The van der Waals surface area contributed by atoms with E-state index in [0.29, 0.717) is 18.8 Å². The largest absolute Gasteiger partial charge is 0.446 e. The van der Waals surface area contributed by atoms with Gasteiger partial charge in [-0.1, -0.05) is 0 Å². The molecule has 28 heavy (non-hydrogen) atoms. The first-order valence-corrected chi connectivity index (χ1v) is 10.6. The zero-order valence-electron chi connectivity index (χ0n) is 15.4. The van der Waals surface area contributed by atoms with Gasteiger partial charge in [-0.3, -0.25) is 13.9 Å². The molecule has 1 saturated heterocycles. The van der Waals surface area contributed by atoms with Gasteiger partial charge in [0.15, 0.2) is 0 Å². The van der Waals surface area contributed by atoms with E-state index < -0.39 is 21.3 Å². The van der Waals surface area contributed by atoms with Crippen LogP contribution >= 0.6 is 0 Å². The standard InChI is InChI=1S/C18H20N4O5S/c1-12-15(10-19)17(23)21(18(24)22(12)13-4-5-13)11-14-6-7-16(27-14)28(25,26)20-8-2-3-9-20/h6-7,13H,2-5,8-9,11H2,1H3. The maximum Gasteiger partial charge on any atom is 0.331 e. The highest BCUT2D eigenvalue weighted by Gasteiger charge is 2.31. The number of nitriles is 1. The molecule has 0 amide bonds. The van der Waals surface area contributed by atoms with Crippen LogP contribution in [0.25, 0.3) is 0 Å². The Labute approximate surface area is 161 Å². The lowest BCUT2D eigenvalue weighted by Crippen LogP contribution is -2.42. The van der Waals surface area contributed by atoms with Crippen molar-refractivity contribution < 1.29 is 12.8 Å². The first kappa shape index (κ1) is 18.7. The van der Waals surface area contributed by atoms with Gasteiger partial charge in [0.2, 0.25) is 5.09 Å². The lowest BCUT2D eigenvalue weighted by molar-refractivity contribution is 0.379. The van der Waals surface area contributed by atoms with E-state index in [1.54, 1.807) is 6.92 Å². The number of hydrogen-bond donors (Lipinski definition) is 0. The Morgan fingerprint density at radius 2 is 1.89 bits per heavy atom. The minimum atomic E-state index is -3.72. The fraction of sp³-hybridized carbons (Fsp3) is 0.500. The van der Waals surface area contributed by atoms with E-state index in [2.05, 4.69) is 0 Å². The zero-order valence-corrected chi connectivity index (χ0v) is 16.2. The van der Waals surface area contributed by atoms with Crippen LogP contribution in [0, 0.1) is 18.3 Å². The summed E-state index contributed by atoms with van der Waals surface area (Å²) in [5.41, 5.74) is -0.914. The van der Waals surface area contributed by atoms with E-state index in [1.165, 1.54) is 21.0 Å². The smallest absolute Gasteiger partial charge is 0.331 e. The molecule has 2 aromatic rings. The van der Waals surface area contributed by atoms with Crippen molar-refractivity contribution in [3.8, 4) is 6.07 Å². The summed E-state index contributed by atoms with van der Waals surface area (Å²) in [7, 11) is -3.72. The first-order valence-electron chi connectivity index (χ1n) is 9.19. The van der Waals surface area contributed by atoms with Crippen molar-refractivity contribution >= 4 is 10.0 Å². The molecule has 1 aliphatic carbocycles. The maximum absolute atomic E-state index is 12.8. The molecule has 9 nitrogen and oxygen atoms in total. The molecule has 2 aliphatic rings. The van der Waals surface area contributed by atoms with E-state index in [9.17, 15) is 23.3 Å². The van der Waals surface area contributed by atoms with Crippen LogP contribution in [0.1, 0.15) is 48.7 Å². The molecular weight excluding hydrogens is 384 g/mol. The van der Waals surface area contributed by atoms with Crippen molar-refractivity contribution in [3.05, 3.63) is 50.0 Å². The number of nitrogens with zero attached hydrogens (tertiary/aromatic N) is 4. The second-order valence-corrected chi connectivity index (χ2v) is 9.05. The molecule has 148 valence electrons. The molecule has 0 bridgehead atoms. The van der Waals surface area contributed by atoms with Crippen LogP contribution in [0.4, 0.5) is 0 Å². The molecule has 0 N–H and O–H groups in total. The molecule has 10 heteroatoms. The zero-order chi connectivity index (χ0) is 20.1. The SMILES string of the molecule is Cc1c(C#N)c(=O)n(Cc2ccc(S(=O)(=O)N3CCCC3)o2)c(=O)n1C1CC1. The topological polar surface area (TPSA) is 118 Å². The van der Waals surface area contributed by atoms with Crippen LogP contribution in [0.5, 0.6) is 0 Å². The number of furan rings is 1. The Balaban J connectivity index is 1.72. The van der Waals surface area contributed by atoms with E-state index in [-0.39, 0.29) is 29.0 Å². The molecule has 0 spiro atoms. The monoisotopic (exact) mass is 404 g/mol. The predicted octanol–water partition coefficient (Wildman–Crippen LogP) is 0.951. The fourth-order valence-electron chi connectivity index (χ4n) is 3.59. The second kappa shape index (κ2) is 6.76. The van der Waals surface area contributed by atoms with Crippen molar-refractivity contribution in [2.24, 2.45) is 0 Å². The number of sulfonamides is 1. The normalized spacial score (nSPS) is 17.7. The Morgan fingerprint density at radius 3 is 2.50 bits per heavy atom. The Kier molecular flexibility index (Phi) is 4.51. The average molecular weight is 404 g/mol. The maximum atomic E-state index is 12.8. The number of rotatable bonds is 5. The van der Waals surface area contributed by atoms with Gasteiger partial charge in [0.05, 0.1) is 6.54 Å². The van der Waals surface area contributed by atoms with Gasteiger partial charge in [-0.25, -0.2) is 13.2 Å². The Bertz CT molecular complexity index is 1190. The number of aromatic nitrogens is 2. The van der Waals surface area contributed by atoms with Gasteiger partial charge in [0.25, 0.3) is 15.6 Å². The van der Waals surface area contributed by atoms with Crippen molar-refractivity contribution in [2.75, 3.05) is 13.1 Å². The van der Waals surface area contributed by atoms with Crippen LogP contribution in [-0.2, 0) is 16.6 Å². The summed E-state index contributed by atoms with van der Waals surface area (Å²) in [6.45, 7) is 2.27. The van der Waals surface area contributed by atoms with Gasteiger partial charge in [-0.2, -0.15) is 9.57 Å². The van der Waals surface area contributed by atoms with Crippen LogP contribution < -0.4 is 11.2 Å². The van der Waals surface area contributed by atoms with E-state index in [4.69, 9.17) is 4.42 Å². The molecule has 4 rings (SSSR count). The van der Waals surface area contributed by atoms with Gasteiger partial charge in [-0.05, 0) is 44.7 Å². The van der Waals surface area contributed by atoms with E-state index in [0.717, 1.165) is 30.3 Å². The molecule has 0 radical (unpaired) electrons. The molecule has 1 saturated carbocycles. The van der Waals surface area contributed by atoms with Crippen LogP contribution in [0.3, 0.4) is 0 Å². The molecule has 3 heterocycles. The summed E-state index contributed by atoms with van der Waals surface area (Å²) < 4.78 is 34.4. The molecule has 0 atom stereocenters. The van der Waals surface area contributed by atoms with E-state index >= 15 is 0 Å². The van der Waals surface area contributed by atoms with Gasteiger partial charge in [0, 0.05) is 24.8 Å². The van der Waals surface area contributed by atoms with Crippen molar-refractivity contribution in [1.82, 2.24) is 13.4 Å². The third kappa shape index (κ3) is 3.00. The molecule has 2 fully saturated rings. The summed E-state index contributed by atoms with van der Waals surface area (Å²) in [5, 5.41) is 9.15. The lowest BCUT2D eigenvalue weighted by atomic mass is 10.2. The minimum Gasteiger partial charge on any atom is -0.446 e. The van der Waals surface area contributed by atoms with Crippen molar-refractivity contribution in [2.45, 2.75) is 50.3 Å². The molecule has 0 unspecified atom stereocenters. The lowest BCUT2D eigenvalue weighted by Gasteiger charge is -2.14. The van der Waals surface area contributed by atoms with Gasteiger partial charge in [0.1, 0.15) is 17.4 Å². The quantitative estimate of drug-likeness (QED) is 0.732. The van der Waals surface area contributed by atoms with Crippen LogP contribution in [0.15, 0.2) is 31.2 Å². The summed E-state index contributed by atoms with van der Waals surface area (Å²) in [5.74, 6) is 0.173. The summed E-state index contributed by atoms with van der Waals surface area (Å²) in [6.07, 6.45) is 3.26. The third-order valence-electron chi connectivity index (χ3n) is 5.25.